The van der Waals surface area contributed by atoms with Gasteiger partial charge in [0.2, 0.25) is 35.4 Å². The van der Waals surface area contributed by atoms with E-state index in [1.807, 2.05) is 27.7 Å². The average molecular weight is 1110 g/mol. The van der Waals surface area contributed by atoms with Crippen LogP contribution in [0.25, 0.3) is 0 Å². The van der Waals surface area contributed by atoms with Crippen LogP contribution in [-0.2, 0) is 63.8 Å². The van der Waals surface area contributed by atoms with Crippen LogP contribution in [0.2, 0.25) is 0 Å². The van der Waals surface area contributed by atoms with E-state index in [0.717, 1.165) is 0 Å². The quantitative estimate of drug-likeness (QED) is 0.124. The molecule has 3 aliphatic heterocycles. The largest absolute Gasteiger partial charge is 0.497 e. The van der Waals surface area contributed by atoms with Crippen LogP contribution in [0.4, 0.5) is 0 Å². The lowest BCUT2D eigenvalue weighted by Gasteiger charge is -2.36. The Morgan fingerprint density at radius 2 is 1.49 bits per heavy atom. The molecule has 22 nitrogen and oxygen atoms in total. The molecule has 3 fully saturated rings. The number of methoxy groups -OCH3 is 1. The average Bonchev–Trinajstić information content (AvgIpc) is 4.13. The van der Waals surface area contributed by atoms with Gasteiger partial charge in [-0.25, -0.2) is 4.79 Å². The Bertz CT molecular complexity index is 2330. The topological polar surface area (TPSA) is 288 Å². The van der Waals surface area contributed by atoms with E-state index >= 15 is 4.79 Å². The van der Waals surface area contributed by atoms with Crippen LogP contribution in [-0.4, -0.2) is 190 Å². The minimum Gasteiger partial charge on any atom is -0.497 e. The van der Waals surface area contributed by atoms with Gasteiger partial charge in [0.25, 0.3) is 5.91 Å². The van der Waals surface area contributed by atoms with Crippen LogP contribution in [0.5, 0.6) is 5.75 Å². The zero-order chi connectivity index (χ0) is 59.3. The Balaban J connectivity index is 1.89. The molecule has 0 spiro atoms. The number of rotatable bonds is 15. The van der Waals surface area contributed by atoms with Gasteiger partial charge in [0, 0.05) is 33.6 Å². The summed E-state index contributed by atoms with van der Waals surface area (Å²) in [4.78, 5) is 149. The fourth-order valence-corrected chi connectivity index (χ4v) is 10.5. The summed E-state index contributed by atoms with van der Waals surface area (Å²) in [6.45, 7) is 18.4. The van der Waals surface area contributed by atoms with E-state index in [-0.39, 0.29) is 57.0 Å². The number of carbonyl (C=O) groups is 10. The van der Waals surface area contributed by atoms with Crippen molar-refractivity contribution in [2.45, 2.75) is 201 Å². The van der Waals surface area contributed by atoms with Crippen LogP contribution >= 0.6 is 0 Å². The summed E-state index contributed by atoms with van der Waals surface area (Å²) in [5.74, 6) is -10.3. The lowest BCUT2D eigenvalue weighted by atomic mass is 9.91. The number of cyclic esters (lactones) is 2. The maximum atomic E-state index is 15.0. The van der Waals surface area contributed by atoms with Crippen molar-refractivity contribution in [1.29, 1.82) is 0 Å². The molecule has 6 unspecified atom stereocenters. The van der Waals surface area contributed by atoms with Crippen molar-refractivity contribution in [2.24, 2.45) is 29.6 Å². The Hall–Kier alpha value is -6.16. The minimum atomic E-state index is -1.76. The normalized spacial score (nSPS) is 27.7. The molecule has 0 aliphatic carbocycles. The number of aliphatic hydroxyl groups is 2. The van der Waals surface area contributed by atoms with Crippen LogP contribution < -0.4 is 20.7 Å². The number of hydrogen-bond donors (Lipinski definition) is 5. The number of hydrogen-bond acceptors (Lipinski definition) is 15. The number of ether oxygens (including phenoxy) is 3. The van der Waals surface area contributed by atoms with Crippen molar-refractivity contribution in [3.8, 4) is 5.75 Å². The molecule has 4 rings (SSSR count). The van der Waals surface area contributed by atoms with Crippen LogP contribution in [0.3, 0.4) is 0 Å². The van der Waals surface area contributed by atoms with Gasteiger partial charge in [0.05, 0.1) is 31.6 Å². The monoisotopic (exact) mass is 1110 g/mol. The molecule has 442 valence electrons. The van der Waals surface area contributed by atoms with Gasteiger partial charge in [-0.2, -0.15) is 0 Å². The van der Waals surface area contributed by atoms with Gasteiger partial charge in [0.1, 0.15) is 54.2 Å². The molecule has 1 aromatic rings. The number of nitrogens with one attached hydrogen (secondary N) is 3. The maximum Gasteiger partial charge on any atom is 0.329 e. The lowest BCUT2D eigenvalue weighted by molar-refractivity contribution is -0.163. The molecule has 0 aromatic heterocycles. The maximum absolute atomic E-state index is 15.0. The first-order chi connectivity index (χ1) is 37.0. The number of likely N-dealkylation sites (N-methyl/N-ethyl adjacent to an activating group) is 2. The third-order valence-corrected chi connectivity index (χ3v) is 15.5. The number of carbonyl (C=O) groups excluding carboxylic acids is 10. The fraction of sp³-hybridized carbons (Fsp3) is 0.719. The van der Waals surface area contributed by atoms with Crippen molar-refractivity contribution >= 4 is 59.1 Å². The highest BCUT2D eigenvalue weighted by Crippen LogP contribution is 2.27. The van der Waals surface area contributed by atoms with Crippen molar-refractivity contribution in [1.82, 2.24) is 35.6 Å². The van der Waals surface area contributed by atoms with Crippen LogP contribution in [0.1, 0.15) is 133 Å². The number of ketones is 1. The van der Waals surface area contributed by atoms with E-state index in [4.69, 9.17) is 14.2 Å². The molecule has 13 atom stereocenters. The molecule has 79 heavy (non-hydrogen) atoms. The SMILES string of the molecule is CC[C@@H](C)[C@@H]1NC(=O)C(NC(=O)C(CC(C)C)N(C)C(=O)C2CCCN2C(=O)[C@H](C)O)[C@H](C)OC(=O)C(Cc2ccc(OC)cc2)N(C)C(=O)C2CCCN2C(=O)C(CC(C)C)NC(=O)[C@H](C)C(=O)[C@H](C(C)C)OC(=O)C[C@H]1O. The number of amides is 7. The Morgan fingerprint density at radius 1 is 0.861 bits per heavy atom. The molecule has 22 heteroatoms. The first kappa shape index (κ1) is 65.4. The van der Waals surface area contributed by atoms with Gasteiger partial charge in [-0.1, -0.05) is 73.9 Å². The fourth-order valence-electron chi connectivity index (χ4n) is 10.5. The van der Waals surface area contributed by atoms with Gasteiger partial charge in [-0.05, 0) is 101 Å². The third-order valence-electron chi connectivity index (χ3n) is 15.5. The van der Waals surface area contributed by atoms with E-state index in [0.29, 0.717) is 30.6 Å². The van der Waals surface area contributed by atoms with Crippen molar-refractivity contribution in [2.75, 3.05) is 34.3 Å². The Kier molecular flexibility index (Phi) is 24.3. The second kappa shape index (κ2) is 29.3. The molecule has 3 heterocycles. The molecular weight excluding hydrogens is 1020 g/mol. The predicted molar refractivity (Wildman–Crippen MR) is 290 cm³/mol. The number of benzene rings is 1. The van der Waals surface area contributed by atoms with E-state index < -0.39 is 150 Å². The molecule has 0 bridgehead atoms. The van der Waals surface area contributed by atoms with Gasteiger partial charge in [-0.3, -0.25) is 43.2 Å². The zero-order valence-electron chi connectivity index (χ0n) is 48.8. The van der Waals surface area contributed by atoms with Crippen LogP contribution in [0, 0.1) is 29.6 Å². The summed E-state index contributed by atoms with van der Waals surface area (Å²) in [6.07, 6.45) is -4.99. The molecule has 1 aromatic carbocycles. The minimum absolute atomic E-state index is 0.0720. The summed E-state index contributed by atoms with van der Waals surface area (Å²) in [5.41, 5.74) is 0.571. The number of aliphatic hydroxyl groups excluding tert-OH is 2. The van der Waals surface area contributed by atoms with E-state index in [2.05, 4.69) is 16.0 Å². The highest BCUT2D eigenvalue weighted by atomic mass is 16.6. The standard InChI is InChI=1S/C57H89N7O15/c1-15-33(8)46-44(66)29-45(67)79-49(32(6)7)48(68)34(9)50(69)58-39(26-30(2)3)54(73)64-25-17-19-41(64)56(75)62(13)43(28-37-20-22-38(77-14)23-21-37)57(76)78-36(11)47(52(71)59-46)60-51(70)42(27-31(4)5)61(12)55(74)40-18-16-24-63(40)53(72)35(10)65/h20-23,30-36,39-44,46-47,49,65-66H,15-19,24-29H2,1-14H3,(H,58,69)(H,59,71)(H,60,70)/t33-,34-,35+,36+,39?,40?,41?,42?,43?,44-,46+,47?,49+/m1/s1. The number of esters is 2. The number of likely N-dealkylation sites (tertiary alicyclic amines) is 1. The highest BCUT2D eigenvalue weighted by molar-refractivity contribution is 6.05. The Labute approximate surface area is 465 Å². The molecule has 0 radical (unpaired) electrons. The van der Waals surface area contributed by atoms with Gasteiger partial charge in [-0.15, -0.1) is 0 Å². The zero-order valence-corrected chi connectivity index (χ0v) is 48.8. The molecule has 3 aliphatic rings. The highest BCUT2D eigenvalue weighted by Gasteiger charge is 2.46. The van der Waals surface area contributed by atoms with Crippen molar-refractivity contribution in [3.63, 3.8) is 0 Å². The second-order valence-corrected chi connectivity index (χ2v) is 23.0. The first-order valence-electron chi connectivity index (χ1n) is 28.0. The number of fused-ring (bicyclic) bond motifs is 1. The van der Waals surface area contributed by atoms with Crippen molar-refractivity contribution in [3.05, 3.63) is 29.8 Å². The molecule has 7 amide bonds. The number of nitrogens with zero attached hydrogens (tertiary/aromatic N) is 4. The Morgan fingerprint density at radius 3 is 2.06 bits per heavy atom. The van der Waals surface area contributed by atoms with Gasteiger partial charge < -0.3 is 60.0 Å². The van der Waals surface area contributed by atoms with Gasteiger partial charge in [0.15, 0.2) is 11.9 Å². The summed E-state index contributed by atoms with van der Waals surface area (Å²) < 4.78 is 17.2. The van der Waals surface area contributed by atoms with Gasteiger partial charge >= 0.3 is 11.9 Å². The first-order valence-corrected chi connectivity index (χ1v) is 28.0. The van der Waals surface area contributed by atoms with E-state index in [9.17, 15) is 53.4 Å². The van der Waals surface area contributed by atoms with Crippen LogP contribution in [0.15, 0.2) is 24.3 Å². The van der Waals surface area contributed by atoms with E-state index in [1.165, 1.54) is 61.6 Å². The second-order valence-electron chi connectivity index (χ2n) is 23.0. The van der Waals surface area contributed by atoms with Crippen molar-refractivity contribution < 1.29 is 72.4 Å². The summed E-state index contributed by atoms with van der Waals surface area (Å²) in [6, 6.07) is -2.19. The summed E-state index contributed by atoms with van der Waals surface area (Å²) in [7, 11) is 4.29. The molecular formula is C57H89N7O15. The number of Topliss-reactive ketones (excluding diaryl/α,β-unsaturated/α-hetero) is 1. The summed E-state index contributed by atoms with van der Waals surface area (Å²) in [5, 5.41) is 30.2. The summed E-state index contributed by atoms with van der Waals surface area (Å²) >= 11 is 0. The lowest BCUT2D eigenvalue weighted by Crippen LogP contribution is -2.62. The molecule has 0 saturated carbocycles. The molecule has 3 saturated heterocycles. The predicted octanol–water partition coefficient (Wildman–Crippen LogP) is 2.32. The third kappa shape index (κ3) is 16.9. The smallest absolute Gasteiger partial charge is 0.329 e. The molecule has 5 N–H and O–H groups in total. The van der Waals surface area contributed by atoms with E-state index in [1.54, 1.807) is 52.0 Å².